The number of methoxy groups -OCH3 is 1. The number of amides is 1. The van der Waals surface area contributed by atoms with Gasteiger partial charge in [-0.05, 0) is 58.7 Å². The van der Waals surface area contributed by atoms with Crippen molar-refractivity contribution in [1.82, 2.24) is 15.1 Å². The summed E-state index contributed by atoms with van der Waals surface area (Å²) in [6.45, 7) is 10.2. The minimum Gasteiger partial charge on any atom is -0.497 e. The fourth-order valence-corrected chi connectivity index (χ4v) is 15.0. The molecule has 0 spiro atoms. The van der Waals surface area contributed by atoms with Crippen molar-refractivity contribution in [2.75, 3.05) is 19.5 Å². The lowest BCUT2D eigenvalue weighted by Crippen LogP contribution is -2.73. The first kappa shape index (κ1) is 46.9. The number of rotatable bonds is 18. The predicted molar refractivity (Wildman–Crippen MR) is 252 cm³/mol. The first-order chi connectivity index (χ1) is 29.6. The van der Waals surface area contributed by atoms with E-state index >= 15 is 9.59 Å². The van der Waals surface area contributed by atoms with Crippen molar-refractivity contribution < 1.29 is 38.1 Å². The van der Waals surface area contributed by atoms with Gasteiger partial charge in [-0.3, -0.25) is 9.59 Å². The maximum absolute atomic E-state index is 15.7. The van der Waals surface area contributed by atoms with Crippen LogP contribution in [0.2, 0.25) is 18.1 Å². The molecule has 62 heavy (non-hydrogen) atoms. The molecule has 4 aromatic carbocycles. The Morgan fingerprint density at radius 2 is 1.44 bits per heavy atom. The molecule has 0 unspecified atom stereocenters. The molecule has 0 aliphatic carbocycles. The van der Waals surface area contributed by atoms with Gasteiger partial charge >= 0.3 is 11.9 Å². The summed E-state index contributed by atoms with van der Waals surface area (Å²) < 4.78 is 25.1. The Balaban J connectivity index is 1.66. The summed E-state index contributed by atoms with van der Waals surface area (Å²) >= 11 is 2.67. The first-order valence-electron chi connectivity index (χ1n) is 20.5. The van der Waals surface area contributed by atoms with E-state index < -0.39 is 57.2 Å². The van der Waals surface area contributed by atoms with Crippen LogP contribution in [0, 0.1) is 11.8 Å². The molecule has 0 saturated carbocycles. The number of aromatic nitrogens is 2. The number of aliphatic hydroxyl groups excluding tert-OH is 1. The summed E-state index contributed by atoms with van der Waals surface area (Å²) in [6.07, 6.45) is -1.78. The maximum atomic E-state index is 15.7. The van der Waals surface area contributed by atoms with Gasteiger partial charge < -0.3 is 28.6 Å². The van der Waals surface area contributed by atoms with Crippen LogP contribution in [-0.4, -0.2) is 89.5 Å². The summed E-state index contributed by atoms with van der Waals surface area (Å²) in [6, 6.07) is 35.7. The predicted octanol–water partition coefficient (Wildman–Crippen LogP) is 7.28. The second-order valence-electron chi connectivity index (χ2n) is 16.8. The van der Waals surface area contributed by atoms with E-state index in [0.717, 1.165) is 21.5 Å². The van der Waals surface area contributed by atoms with Crippen molar-refractivity contribution in [2.24, 2.45) is 11.8 Å². The number of nitrogens with zero attached hydrogens (tertiary/aromatic N) is 3. The molecule has 1 aromatic heterocycles. The van der Waals surface area contributed by atoms with Crippen molar-refractivity contribution in [2.45, 2.75) is 81.9 Å². The molecule has 15 heteroatoms. The fraction of sp³-hybridized carbons (Fsp3) is 0.362. The van der Waals surface area contributed by atoms with Crippen molar-refractivity contribution in [1.29, 1.82) is 0 Å². The van der Waals surface area contributed by atoms with Gasteiger partial charge in [0.2, 0.25) is 5.91 Å². The molecule has 1 N–H and O–H groups in total. The number of β-lactam (4-membered cyclic amide) rings is 1. The normalized spacial score (nSPS) is 17.0. The zero-order chi connectivity index (χ0) is 44.7. The Kier molecular flexibility index (Phi) is 15.4. The van der Waals surface area contributed by atoms with Gasteiger partial charge in [0.05, 0.1) is 37.9 Å². The van der Waals surface area contributed by atoms with Gasteiger partial charge in [0, 0.05) is 25.5 Å². The number of carbonyl (C=O) groups excluding carboxylic acids is 3. The van der Waals surface area contributed by atoms with Crippen LogP contribution in [0.4, 0.5) is 0 Å². The third-order valence-electron chi connectivity index (χ3n) is 11.8. The quantitative estimate of drug-likeness (QED) is 0.0312. The Labute approximate surface area is 374 Å². The van der Waals surface area contributed by atoms with Gasteiger partial charge in [-0.1, -0.05) is 147 Å². The van der Waals surface area contributed by atoms with E-state index in [0.29, 0.717) is 10.1 Å². The van der Waals surface area contributed by atoms with Crippen molar-refractivity contribution in [3.05, 3.63) is 126 Å². The van der Waals surface area contributed by atoms with Gasteiger partial charge in [0.1, 0.15) is 23.3 Å². The lowest BCUT2D eigenvalue weighted by molar-refractivity contribution is -0.167. The van der Waals surface area contributed by atoms with Gasteiger partial charge in [0.15, 0.2) is 12.7 Å². The molecule has 2 heterocycles. The van der Waals surface area contributed by atoms with E-state index in [1.54, 1.807) is 29.7 Å². The number of carbonyl (C=O) groups is 3. The van der Waals surface area contributed by atoms with Crippen LogP contribution in [0.3, 0.4) is 0 Å². The van der Waals surface area contributed by atoms with Gasteiger partial charge in [0.25, 0.3) is 0 Å². The second-order valence-corrected chi connectivity index (χ2v) is 27.0. The summed E-state index contributed by atoms with van der Waals surface area (Å²) in [5, 5.41) is 22.7. The monoisotopic (exact) mass is 913 g/mol. The number of aliphatic hydroxyl groups is 1. The maximum Gasteiger partial charge on any atom is 0.356 e. The number of ether oxygens (including phenoxy) is 3. The fourth-order valence-electron chi connectivity index (χ4n) is 7.69. The number of likely N-dealkylation sites (tertiary alicyclic amines) is 1. The van der Waals surface area contributed by atoms with E-state index in [1.807, 2.05) is 110 Å². The number of hydrogen-bond acceptors (Lipinski definition) is 12. The molecule has 5 aromatic rings. The third kappa shape index (κ3) is 10.1. The summed E-state index contributed by atoms with van der Waals surface area (Å²) in [4.78, 5) is 45.5. The lowest BCUT2D eigenvalue weighted by Gasteiger charge is -2.55. The molecule has 0 radical (unpaired) electrons. The lowest BCUT2D eigenvalue weighted by atomic mass is 9.74. The molecule has 328 valence electrons. The molecular weight excluding hydrogens is 858 g/mol. The van der Waals surface area contributed by atoms with E-state index in [9.17, 15) is 9.90 Å². The summed E-state index contributed by atoms with van der Waals surface area (Å²) in [5.74, 6) is -2.48. The van der Waals surface area contributed by atoms with Crippen LogP contribution in [0.25, 0.3) is 0 Å². The molecule has 6 rings (SSSR count). The minimum atomic E-state index is -3.35. The third-order valence-corrected chi connectivity index (χ3v) is 22.6. The minimum absolute atomic E-state index is 0.0936. The van der Waals surface area contributed by atoms with Crippen LogP contribution in [0.15, 0.2) is 125 Å². The van der Waals surface area contributed by atoms with E-state index in [2.05, 4.69) is 44.1 Å². The summed E-state index contributed by atoms with van der Waals surface area (Å²) in [7, 11) is -0.896. The molecule has 1 aliphatic rings. The van der Waals surface area contributed by atoms with Gasteiger partial charge in [-0.25, -0.2) is 4.79 Å². The average Bonchev–Trinajstić information content (AvgIpc) is 3.79. The molecule has 1 aliphatic heterocycles. The molecule has 11 nitrogen and oxygen atoms in total. The number of esters is 2. The average molecular weight is 914 g/mol. The standard InChI is InChI=1S/C47H56N3O8PS2Si/c1-32(58-62(7,8)47(3,4)5)41-42(39(29-56-33(2)51)40(52)30-60-46-49-48-31-61-46)50(43(41)53)44(45(54)57-28-34-24-26-35(55-6)27-25-34)59(36-18-12-9-13-19-36,37-20-14-10-15-21-37)38-22-16-11-17-23-38/h9-27,31-32,39-42,52H,28-30H2,1-8H3/t32-,39+,40+,41-,42-/m1/s1. The molecule has 1 amide bonds. The highest BCUT2D eigenvalue weighted by molar-refractivity contribution is 8.01. The van der Waals surface area contributed by atoms with Crippen molar-refractivity contribution >= 4 is 77.5 Å². The van der Waals surface area contributed by atoms with Crippen LogP contribution in [0.5, 0.6) is 5.75 Å². The van der Waals surface area contributed by atoms with E-state index in [4.69, 9.17) is 18.6 Å². The van der Waals surface area contributed by atoms with E-state index in [1.165, 1.54) is 30.0 Å². The van der Waals surface area contributed by atoms with Gasteiger partial charge in [-0.2, -0.15) is 0 Å². The van der Waals surface area contributed by atoms with Crippen LogP contribution >= 0.6 is 30.0 Å². The zero-order valence-corrected chi connectivity index (χ0v) is 40.0. The molecule has 1 fully saturated rings. The van der Waals surface area contributed by atoms with Crippen LogP contribution < -0.4 is 20.7 Å². The summed E-state index contributed by atoms with van der Waals surface area (Å²) in [5.41, 5.74) is 2.49. The smallest absolute Gasteiger partial charge is 0.356 e. The first-order valence-corrected chi connectivity index (χ1v) is 27.1. The topological polar surface area (TPSA) is 137 Å². The SMILES string of the molecule is COc1ccc(COC(=O)C(N2C(=O)[C@H]([C@@H](C)O[Si](C)(C)C(C)(C)C)[C@H]2[C@@H](COC(C)=O)[C@@H](O)CSc2nncs2)=P(c2ccccc2)(c2ccccc2)c2ccccc2)cc1. The van der Waals surface area contributed by atoms with Crippen LogP contribution in [0.1, 0.15) is 40.2 Å². The van der Waals surface area contributed by atoms with Gasteiger partial charge in [-0.15, -0.1) is 10.2 Å². The molecule has 0 bridgehead atoms. The highest BCUT2D eigenvalue weighted by atomic mass is 32.2. The number of hydrogen-bond donors (Lipinski definition) is 1. The number of benzene rings is 4. The van der Waals surface area contributed by atoms with Crippen LogP contribution in [-0.2, 0) is 34.9 Å². The molecular formula is C47H56N3O8PS2Si. The second kappa shape index (κ2) is 20.3. The number of thioether (sulfide) groups is 1. The Bertz CT molecular complexity index is 2230. The van der Waals surface area contributed by atoms with Crippen molar-refractivity contribution in [3.63, 3.8) is 0 Å². The van der Waals surface area contributed by atoms with E-state index in [-0.39, 0.29) is 35.3 Å². The Morgan fingerprint density at radius 1 is 0.887 bits per heavy atom. The Morgan fingerprint density at radius 3 is 1.90 bits per heavy atom. The highest BCUT2D eigenvalue weighted by Gasteiger charge is 2.60. The van der Waals surface area contributed by atoms with Crippen molar-refractivity contribution in [3.8, 4) is 5.75 Å². The zero-order valence-electron chi connectivity index (χ0n) is 36.5. The highest BCUT2D eigenvalue weighted by Crippen LogP contribution is 2.51. The molecule has 1 saturated heterocycles. The Hall–Kier alpha value is -4.56. The molecule has 5 atom stereocenters. The largest absolute Gasteiger partial charge is 0.497 e.